The van der Waals surface area contributed by atoms with Gasteiger partial charge in [0, 0.05) is 36.8 Å². The number of likely N-dealkylation sites (tertiary alicyclic amines) is 2. The second-order valence-electron chi connectivity index (χ2n) is 12.0. The first-order valence-electron chi connectivity index (χ1n) is 13.3. The number of hydrogen-bond acceptors (Lipinski definition) is 4. The van der Waals surface area contributed by atoms with Crippen LogP contribution in [-0.2, 0) is 4.74 Å². The molecule has 2 heterocycles. The van der Waals surface area contributed by atoms with Crippen LogP contribution in [0.2, 0.25) is 0 Å². The first-order chi connectivity index (χ1) is 14.4. The number of rotatable bonds is 5. The van der Waals surface area contributed by atoms with Crippen molar-refractivity contribution in [1.82, 2.24) is 15.1 Å². The van der Waals surface area contributed by atoms with Crippen molar-refractivity contribution < 1.29 is 4.74 Å². The third-order valence-corrected chi connectivity index (χ3v) is 8.34. The molecule has 4 fully saturated rings. The van der Waals surface area contributed by atoms with Crippen LogP contribution in [0.1, 0.15) is 98.3 Å². The molecule has 1 N–H and O–H groups in total. The Kier molecular flexibility index (Phi) is 7.82. The highest BCUT2D eigenvalue weighted by atomic mass is 16.5. The van der Waals surface area contributed by atoms with Gasteiger partial charge in [-0.25, -0.2) is 0 Å². The van der Waals surface area contributed by atoms with Gasteiger partial charge in [0.15, 0.2) is 0 Å². The number of nitrogens with zero attached hydrogens (tertiary/aromatic N) is 2. The fraction of sp³-hybridized carbons (Fsp3) is 1.00. The summed E-state index contributed by atoms with van der Waals surface area (Å²) in [5.41, 5.74) is 0.169. The highest BCUT2D eigenvalue weighted by molar-refractivity contribution is 4.96. The molecule has 0 amide bonds. The lowest BCUT2D eigenvalue weighted by atomic mass is 9.84. The molecule has 4 nitrogen and oxygen atoms in total. The van der Waals surface area contributed by atoms with Gasteiger partial charge < -0.3 is 10.1 Å². The van der Waals surface area contributed by atoms with E-state index in [-0.39, 0.29) is 5.54 Å². The molecule has 2 aliphatic heterocycles. The average Bonchev–Trinajstić information content (AvgIpc) is 3.16. The predicted octanol–water partition coefficient (Wildman–Crippen LogP) is 4.82. The normalized spacial score (nSPS) is 40.0. The minimum atomic E-state index is 0.169. The van der Waals surface area contributed by atoms with Gasteiger partial charge in [0.1, 0.15) is 0 Å². The lowest BCUT2D eigenvalue weighted by Crippen LogP contribution is -2.59. The highest BCUT2D eigenvalue weighted by Crippen LogP contribution is 2.33. The van der Waals surface area contributed by atoms with Crippen LogP contribution < -0.4 is 5.32 Å². The Morgan fingerprint density at radius 1 is 0.733 bits per heavy atom. The van der Waals surface area contributed by atoms with E-state index in [1.54, 1.807) is 0 Å². The topological polar surface area (TPSA) is 27.7 Å². The molecule has 4 aliphatic rings. The SMILES string of the molecule is C[C@H]1CCCC[C@@H]1N1CC[C@H](OC2CC[C@H](N3CCCCC3)[C@@H](NC(C)(C)C)C2)C1. The monoisotopic (exact) mass is 419 g/mol. The van der Waals surface area contributed by atoms with E-state index in [2.05, 4.69) is 42.8 Å². The standard InChI is InChI=1S/C26H49N3O/c1-20-10-6-7-11-24(20)29-17-14-22(19-29)30-21-12-13-25(28-15-8-5-9-16-28)23(18-21)27-26(2,3)4/h20-25,27H,5-19H2,1-4H3/t20-,21?,22-,23-,24-,25-/m0/s1. The van der Waals surface area contributed by atoms with Gasteiger partial charge in [0.05, 0.1) is 12.2 Å². The molecule has 2 saturated carbocycles. The van der Waals surface area contributed by atoms with E-state index in [1.807, 2.05) is 0 Å². The van der Waals surface area contributed by atoms with Gasteiger partial charge in [-0.2, -0.15) is 0 Å². The van der Waals surface area contributed by atoms with Crippen molar-refractivity contribution in [2.24, 2.45) is 5.92 Å². The second-order valence-corrected chi connectivity index (χ2v) is 12.0. The molecule has 0 aromatic heterocycles. The molecule has 2 aliphatic carbocycles. The van der Waals surface area contributed by atoms with Crippen molar-refractivity contribution in [1.29, 1.82) is 0 Å². The van der Waals surface area contributed by atoms with Crippen LogP contribution in [0.25, 0.3) is 0 Å². The van der Waals surface area contributed by atoms with E-state index >= 15 is 0 Å². The highest BCUT2D eigenvalue weighted by Gasteiger charge is 2.39. The van der Waals surface area contributed by atoms with E-state index in [1.165, 1.54) is 96.8 Å². The molecule has 2 saturated heterocycles. The van der Waals surface area contributed by atoms with E-state index < -0.39 is 0 Å². The summed E-state index contributed by atoms with van der Waals surface area (Å²) in [6.45, 7) is 14.5. The lowest BCUT2D eigenvalue weighted by molar-refractivity contribution is -0.0524. The molecular weight excluding hydrogens is 370 g/mol. The van der Waals surface area contributed by atoms with Gasteiger partial charge in [-0.05, 0) is 91.1 Å². The maximum absolute atomic E-state index is 6.79. The van der Waals surface area contributed by atoms with Crippen LogP contribution in [0.5, 0.6) is 0 Å². The zero-order valence-corrected chi connectivity index (χ0v) is 20.4. The summed E-state index contributed by atoms with van der Waals surface area (Å²) in [5.74, 6) is 0.873. The van der Waals surface area contributed by atoms with Gasteiger partial charge in [-0.1, -0.05) is 26.2 Å². The van der Waals surface area contributed by atoms with Gasteiger partial charge >= 0.3 is 0 Å². The van der Waals surface area contributed by atoms with Gasteiger partial charge in [0.2, 0.25) is 0 Å². The van der Waals surface area contributed by atoms with E-state index in [0.29, 0.717) is 24.3 Å². The van der Waals surface area contributed by atoms with Crippen LogP contribution in [0.3, 0.4) is 0 Å². The van der Waals surface area contributed by atoms with Crippen molar-refractivity contribution in [3.05, 3.63) is 0 Å². The van der Waals surface area contributed by atoms with Crippen molar-refractivity contribution >= 4 is 0 Å². The maximum Gasteiger partial charge on any atom is 0.0718 e. The molecule has 6 atom stereocenters. The summed E-state index contributed by atoms with van der Waals surface area (Å²) in [4.78, 5) is 5.57. The largest absolute Gasteiger partial charge is 0.374 e. The third kappa shape index (κ3) is 5.99. The van der Waals surface area contributed by atoms with Crippen LogP contribution in [-0.4, -0.2) is 71.9 Å². The third-order valence-electron chi connectivity index (χ3n) is 8.34. The Morgan fingerprint density at radius 2 is 1.50 bits per heavy atom. The maximum atomic E-state index is 6.79. The molecular formula is C26H49N3O. The minimum Gasteiger partial charge on any atom is -0.374 e. The van der Waals surface area contributed by atoms with Crippen LogP contribution in [0.15, 0.2) is 0 Å². The number of ether oxygens (including phenoxy) is 1. The van der Waals surface area contributed by atoms with Gasteiger partial charge in [0.25, 0.3) is 0 Å². The smallest absolute Gasteiger partial charge is 0.0718 e. The second kappa shape index (κ2) is 10.2. The molecule has 30 heavy (non-hydrogen) atoms. The molecule has 174 valence electrons. The molecule has 0 aromatic rings. The van der Waals surface area contributed by atoms with E-state index in [9.17, 15) is 0 Å². The molecule has 0 bridgehead atoms. The summed E-state index contributed by atoms with van der Waals surface area (Å²) in [7, 11) is 0. The quantitative estimate of drug-likeness (QED) is 0.691. The Bertz CT molecular complexity index is 527. The average molecular weight is 420 g/mol. The molecule has 0 spiro atoms. The minimum absolute atomic E-state index is 0.169. The van der Waals surface area contributed by atoms with Crippen molar-refractivity contribution in [2.75, 3.05) is 26.2 Å². The Labute approximate surface area is 186 Å². The van der Waals surface area contributed by atoms with E-state index in [0.717, 1.165) is 12.0 Å². The van der Waals surface area contributed by atoms with Crippen LogP contribution >= 0.6 is 0 Å². The van der Waals surface area contributed by atoms with E-state index in [4.69, 9.17) is 4.74 Å². The fourth-order valence-corrected chi connectivity index (χ4v) is 6.92. The molecule has 1 unspecified atom stereocenters. The summed E-state index contributed by atoms with van der Waals surface area (Å²) in [6.07, 6.45) is 15.8. The van der Waals surface area contributed by atoms with Crippen molar-refractivity contribution in [3.63, 3.8) is 0 Å². The molecule has 0 radical (unpaired) electrons. The number of hydrogen-bond donors (Lipinski definition) is 1. The Morgan fingerprint density at radius 3 is 2.23 bits per heavy atom. The fourth-order valence-electron chi connectivity index (χ4n) is 6.92. The van der Waals surface area contributed by atoms with Crippen LogP contribution in [0, 0.1) is 5.92 Å². The molecule has 4 rings (SSSR count). The summed E-state index contributed by atoms with van der Waals surface area (Å²) < 4.78 is 6.79. The number of nitrogens with one attached hydrogen (secondary N) is 1. The van der Waals surface area contributed by atoms with Crippen molar-refractivity contribution in [3.8, 4) is 0 Å². The molecule has 4 heteroatoms. The zero-order chi connectivity index (χ0) is 21.1. The summed E-state index contributed by atoms with van der Waals surface area (Å²) >= 11 is 0. The van der Waals surface area contributed by atoms with Gasteiger partial charge in [-0.3, -0.25) is 9.80 Å². The number of piperidine rings is 1. The lowest BCUT2D eigenvalue weighted by Gasteiger charge is -2.46. The predicted molar refractivity (Wildman–Crippen MR) is 126 cm³/mol. The first-order valence-corrected chi connectivity index (χ1v) is 13.3. The summed E-state index contributed by atoms with van der Waals surface area (Å²) in [5, 5.41) is 3.99. The van der Waals surface area contributed by atoms with Crippen LogP contribution in [0.4, 0.5) is 0 Å². The first kappa shape index (κ1) is 23.0. The Hall–Kier alpha value is -0.160. The Balaban J connectivity index is 1.31. The summed E-state index contributed by atoms with van der Waals surface area (Å²) in [6, 6.07) is 2.09. The zero-order valence-electron chi connectivity index (χ0n) is 20.4. The van der Waals surface area contributed by atoms with Crippen molar-refractivity contribution in [2.45, 2.75) is 134 Å². The molecule has 0 aromatic carbocycles. The van der Waals surface area contributed by atoms with Gasteiger partial charge in [-0.15, -0.1) is 0 Å².